The lowest BCUT2D eigenvalue weighted by Gasteiger charge is -2.31. The van der Waals surface area contributed by atoms with E-state index in [1.165, 1.54) is 38.1 Å². The summed E-state index contributed by atoms with van der Waals surface area (Å²) in [6.45, 7) is 2.62. The minimum atomic E-state index is -1.45. The Morgan fingerprint density at radius 2 is 1.31 bits per heavy atom. The minimum Gasteiger partial charge on any atom is -0.506 e. The number of hydrogen-bond donors (Lipinski definition) is 4. The maximum Gasteiger partial charge on any atom is 0.340 e. The molecule has 8 nitrogen and oxygen atoms in total. The summed E-state index contributed by atoms with van der Waals surface area (Å²) in [6, 6.07) is 15.9. The van der Waals surface area contributed by atoms with E-state index in [0.717, 1.165) is 0 Å². The number of anilines is 2. The maximum atomic E-state index is 12.8. The number of carbonyl (C=O) groups is 3. The number of fused-ring (bicyclic) bond motifs is 1. The average Bonchev–Trinajstić information content (AvgIpc) is 3.04. The normalized spacial score (nSPS) is 13.8. The molecule has 0 atom stereocenters. The van der Waals surface area contributed by atoms with Gasteiger partial charge in [0, 0.05) is 30.5 Å². The van der Waals surface area contributed by atoms with E-state index in [1.54, 1.807) is 36.4 Å². The molecular weight excluding hydrogens is 412 g/mol. The predicted molar refractivity (Wildman–Crippen MR) is 117 cm³/mol. The standard InChI is InChI=1S/C24H20N2O6/c1-13(27)25-19-11-15(7-9-21(19)29)24(18-6-4-3-5-17(18)23(31)32-24)16-8-10-22(30)20(12-16)26-14(2)28/h3-12,29-30H,1-2H3,(H,25,27)(H,26,28). The van der Waals surface area contributed by atoms with E-state index in [-0.39, 0.29) is 34.7 Å². The molecule has 0 radical (unpaired) electrons. The summed E-state index contributed by atoms with van der Waals surface area (Å²) >= 11 is 0. The highest BCUT2D eigenvalue weighted by atomic mass is 16.6. The third-order valence-corrected chi connectivity index (χ3v) is 5.20. The average molecular weight is 432 g/mol. The van der Waals surface area contributed by atoms with Crippen LogP contribution >= 0.6 is 0 Å². The van der Waals surface area contributed by atoms with E-state index in [2.05, 4.69) is 10.6 Å². The summed E-state index contributed by atoms with van der Waals surface area (Å²) in [5.74, 6) is -1.62. The van der Waals surface area contributed by atoms with Crippen LogP contribution in [-0.4, -0.2) is 28.0 Å². The van der Waals surface area contributed by atoms with Crippen LogP contribution < -0.4 is 10.6 Å². The van der Waals surface area contributed by atoms with Crippen molar-refractivity contribution in [3.63, 3.8) is 0 Å². The molecule has 1 aliphatic rings. The number of esters is 1. The van der Waals surface area contributed by atoms with Crippen LogP contribution in [-0.2, 0) is 19.9 Å². The second kappa shape index (κ2) is 7.73. The Bertz CT molecular complexity index is 1200. The second-order valence-electron chi connectivity index (χ2n) is 7.44. The first-order valence-corrected chi connectivity index (χ1v) is 9.77. The van der Waals surface area contributed by atoms with E-state index in [0.29, 0.717) is 22.3 Å². The molecule has 32 heavy (non-hydrogen) atoms. The van der Waals surface area contributed by atoms with Gasteiger partial charge in [-0.25, -0.2) is 4.79 Å². The lowest BCUT2D eigenvalue weighted by molar-refractivity contribution is -0.115. The van der Waals surface area contributed by atoms with Crippen molar-refractivity contribution in [3.8, 4) is 11.5 Å². The Morgan fingerprint density at radius 3 is 1.81 bits per heavy atom. The molecule has 0 spiro atoms. The van der Waals surface area contributed by atoms with Gasteiger partial charge in [-0.2, -0.15) is 0 Å². The highest BCUT2D eigenvalue weighted by Gasteiger charge is 2.49. The molecule has 1 aliphatic heterocycles. The van der Waals surface area contributed by atoms with Crippen LogP contribution in [0, 0.1) is 0 Å². The van der Waals surface area contributed by atoms with Crippen molar-refractivity contribution in [3.05, 3.63) is 82.9 Å². The summed E-state index contributed by atoms with van der Waals surface area (Å²) < 4.78 is 5.96. The third-order valence-electron chi connectivity index (χ3n) is 5.20. The summed E-state index contributed by atoms with van der Waals surface area (Å²) in [4.78, 5) is 36.0. The van der Waals surface area contributed by atoms with Crippen LogP contribution in [0.2, 0.25) is 0 Å². The van der Waals surface area contributed by atoms with E-state index < -0.39 is 11.6 Å². The highest BCUT2D eigenvalue weighted by molar-refractivity contribution is 5.97. The lowest BCUT2D eigenvalue weighted by Crippen LogP contribution is -2.30. The monoisotopic (exact) mass is 432 g/mol. The molecule has 8 heteroatoms. The Labute approximate surface area is 183 Å². The molecule has 162 valence electrons. The molecule has 0 bridgehead atoms. The fraction of sp³-hybridized carbons (Fsp3) is 0.125. The molecule has 2 amide bonds. The van der Waals surface area contributed by atoms with E-state index in [9.17, 15) is 24.6 Å². The summed E-state index contributed by atoms with van der Waals surface area (Å²) in [5, 5.41) is 25.5. The van der Waals surface area contributed by atoms with Crippen molar-refractivity contribution in [1.82, 2.24) is 0 Å². The highest BCUT2D eigenvalue weighted by Crippen LogP contribution is 2.49. The molecule has 0 saturated heterocycles. The quantitative estimate of drug-likeness (QED) is 0.370. The Morgan fingerprint density at radius 1 is 0.812 bits per heavy atom. The van der Waals surface area contributed by atoms with Gasteiger partial charge in [-0.15, -0.1) is 0 Å². The van der Waals surface area contributed by atoms with Gasteiger partial charge in [-0.1, -0.05) is 30.3 Å². The van der Waals surface area contributed by atoms with Crippen molar-refractivity contribution >= 4 is 29.2 Å². The van der Waals surface area contributed by atoms with Crippen LogP contribution in [0.3, 0.4) is 0 Å². The zero-order valence-electron chi connectivity index (χ0n) is 17.3. The van der Waals surface area contributed by atoms with E-state index in [4.69, 9.17) is 4.74 Å². The zero-order valence-corrected chi connectivity index (χ0v) is 17.3. The number of phenols is 2. The minimum absolute atomic E-state index is 0.149. The summed E-state index contributed by atoms with van der Waals surface area (Å²) in [6.07, 6.45) is 0. The number of hydrogen-bond acceptors (Lipinski definition) is 6. The number of ether oxygens (including phenoxy) is 1. The Kier molecular flexibility index (Phi) is 5.06. The number of rotatable bonds is 4. The maximum absolute atomic E-state index is 12.8. The number of benzene rings is 3. The molecule has 0 saturated carbocycles. The molecule has 0 aromatic heterocycles. The summed E-state index contributed by atoms with van der Waals surface area (Å²) in [7, 11) is 0. The van der Waals surface area contributed by atoms with Crippen molar-refractivity contribution < 1.29 is 29.3 Å². The molecule has 4 rings (SSSR count). The van der Waals surface area contributed by atoms with Crippen molar-refractivity contribution in [1.29, 1.82) is 0 Å². The topological polar surface area (TPSA) is 125 Å². The van der Waals surface area contributed by atoms with Gasteiger partial charge in [-0.05, 0) is 30.3 Å². The van der Waals surface area contributed by atoms with Gasteiger partial charge in [0.25, 0.3) is 0 Å². The first kappa shape index (κ1) is 20.9. The van der Waals surface area contributed by atoms with E-state index in [1.807, 2.05) is 0 Å². The number of carbonyl (C=O) groups excluding carboxylic acids is 3. The first-order chi connectivity index (χ1) is 15.2. The molecule has 0 aliphatic carbocycles. The van der Waals surface area contributed by atoms with Gasteiger partial charge >= 0.3 is 5.97 Å². The van der Waals surface area contributed by atoms with Crippen LogP contribution in [0.15, 0.2) is 60.7 Å². The SMILES string of the molecule is CC(=O)Nc1cc(C2(c3ccc(O)c(NC(C)=O)c3)OC(=O)c3ccccc32)ccc1O. The number of phenolic OH excluding ortho intramolecular Hbond substituents is 2. The summed E-state index contributed by atoms with van der Waals surface area (Å²) in [5.41, 5.74) is 0.662. The van der Waals surface area contributed by atoms with Crippen LogP contribution in [0.25, 0.3) is 0 Å². The van der Waals surface area contributed by atoms with Crippen molar-refractivity contribution in [2.24, 2.45) is 0 Å². The van der Waals surface area contributed by atoms with Gasteiger partial charge in [0.2, 0.25) is 11.8 Å². The lowest BCUT2D eigenvalue weighted by atomic mass is 9.79. The Hall–Kier alpha value is -4.33. The van der Waals surface area contributed by atoms with Crippen LogP contribution in [0.1, 0.15) is 40.9 Å². The zero-order chi connectivity index (χ0) is 23.0. The van der Waals surface area contributed by atoms with Crippen LogP contribution in [0.5, 0.6) is 11.5 Å². The van der Waals surface area contributed by atoms with Crippen LogP contribution in [0.4, 0.5) is 11.4 Å². The van der Waals surface area contributed by atoms with Gasteiger partial charge < -0.3 is 25.6 Å². The van der Waals surface area contributed by atoms with Crippen molar-refractivity contribution in [2.45, 2.75) is 19.4 Å². The number of nitrogens with one attached hydrogen (secondary N) is 2. The van der Waals surface area contributed by atoms with Crippen molar-refractivity contribution in [2.75, 3.05) is 10.6 Å². The molecule has 0 unspecified atom stereocenters. The predicted octanol–water partition coefficient (Wildman–Crippen LogP) is 3.48. The van der Waals surface area contributed by atoms with Gasteiger partial charge in [-0.3, -0.25) is 9.59 Å². The van der Waals surface area contributed by atoms with Gasteiger partial charge in [0.05, 0.1) is 16.9 Å². The second-order valence-corrected chi connectivity index (χ2v) is 7.44. The smallest absolute Gasteiger partial charge is 0.340 e. The number of amides is 2. The fourth-order valence-corrected chi connectivity index (χ4v) is 3.90. The third kappa shape index (κ3) is 3.41. The van der Waals surface area contributed by atoms with E-state index >= 15 is 0 Å². The fourth-order valence-electron chi connectivity index (χ4n) is 3.90. The van der Waals surface area contributed by atoms with Gasteiger partial charge in [0.1, 0.15) is 11.5 Å². The largest absolute Gasteiger partial charge is 0.506 e. The molecule has 4 N–H and O–H groups in total. The molecule has 3 aromatic rings. The molecule has 1 heterocycles. The number of cyclic esters (lactones) is 1. The Balaban J connectivity index is 2.01. The molecule has 3 aromatic carbocycles. The molecule has 0 fully saturated rings. The van der Waals surface area contributed by atoms with Gasteiger partial charge in [0.15, 0.2) is 5.60 Å². The number of aromatic hydroxyl groups is 2. The first-order valence-electron chi connectivity index (χ1n) is 9.77. The molecular formula is C24H20N2O6.